The van der Waals surface area contributed by atoms with Crippen molar-refractivity contribution in [2.45, 2.75) is 25.2 Å². The Kier molecular flexibility index (Phi) is 4.43. The van der Waals surface area contributed by atoms with E-state index in [4.69, 9.17) is 15.2 Å². The normalized spacial score (nSPS) is 20.6. The third kappa shape index (κ3) is 3.07. The largest absolute Gasteiger partial charge is 0.490 e. The highest BCUT2D eigenvalue weighted by atomic mass is 16.5. The summed E-state index contributed by atoms with van der Waals surface area (Å²) in [6.45, 7) is 5.62. The van der Waals surface area contributed by atoms with Crippen molar-refractivity contribution in [3.05, 3.63) is 23.8 Å². The molecule has 0 spiro atoms. The molecule has 0 saturated carbocycles. The molecule has 0 amide bonds. The van der Waals surface area contributed by atoms with E-state index in [9.17, 15) is 0 Å². The van der Waals surface area contributed by atoms with Gasteiger partial charge in [-0.25, -0.2) is 0 Å². The molecule has 4 nitrogen and oxygen atoms in total. The van der Waals surface area contributed by atoms with Crippen LogP contribution in [0, 0.1) is 0 Å². The number of likely N-dealkylation sites (tertiary alicyclic amines) is 1. The Balaban J connectivity index is 1.75. The monoisotopic (exact) mass is 276 g/mol. The SMILES string of the molecule is NCC(CN1CCCC1)c1ccc2c(c1)OCCCO2. The summed E-state index contributed by atoms with van der Waals surface area (Å²) < 4.78 is 11.5. The van der Waals surface area contributed by atoms with Crippen LogP contribution in [-0.2, 0) is 0 Å². The molecule has 1 atom stereocenters. The molecule has 2 heterocycles. The van der Waals surface area contributed by atoms with Gasteiger partial charge in [0.1, 0.15) is 0 Å². The molecule has 110 valence electrons. The number of ether oxygens (including phenoxy) is 2. The molecule has 0 aromatic heterocycles. The average molecular weight is 276 g/mol. The van der Waals surface area contributed by atoms with Crippen molar-refractivity contribution in [2.24, 2.45) is 5.73 Å². The van der Waals surface area contributed by atoms with Gasteiger partial charge in [-0.05, 0) is 43.6 Å². The summed E-state index contributed by atoms with van der Waals surface area (Å²) in [6, 6.07) is 6.29. The third-order valence-corrected chi connectivity index (χ3v) is 4.20. The summed E-state index contributed by atoms with van der Waals surface area (Å²) in [5, 5.41) is 0. The molecule has 2 aliphatic rings. The van der Waals surface area contributed by atoms with E-state index in [2.05, 4.69) is 17.0 Å². The van der Waals surface area contributed by atoms with Crippen LogP contribution in [-0.4, -0.2) is 44.3 Å². The fourth-order valence-corrected chi connectivity index (χ4v) is 3.03. The first-order chi connectivity index (χ1) is 9.86. The minimum atomic E-state index is 0.380. The topological polar surface area (TPSA) is 47.7 Å². The molecule has 4 heteroatoms. The van der Waals surface area contributed by atoms with E-state index in [0.29, 0.717) is 12.5 Å². The number of hydrogen-bond donors (Lipinski definition) is 1. The first-order valence-electron chi connectivity index (χ1n) is 7.69. The summed E-state index contributed by atoms with van der Waals surface area (Å²) in [4.78, 5) is 2.51. The van der Waals surface area contributed by atoms with Crippen molar-refractivity contribution in [1.82, 2.24) is 4.90 Å². The van der Waals surface area contributed by atoms with Crippen LogP contribution in [0.4, 0.5) is 0 Å². The number of hydrogen-bond acceptors (Lipinski definition) is 4. The van der Waals surface area contributed by atoms with Gasteiger partial charge >= 0.3 is 0 Å². The lowest BCUT2D eigenvalue weighted by atomic mass is 9.98. The maximum absolute atomic E-state index is 5.99. The van der Waals surface area contributed by atoms with E-state index in [-0.39, 0.29) is 0 Å². The summed E-state index contributed by atoms with van der Waals surface area (Å²) in [5.74, 6) is 2.12. The smallest absolute Gasteiger partial charge is 0.161 e. The molecule has 1 saturated heterocycles. The van der Waals surface area contributed by atoms with E-state index >= 15 is 0 Å². The summed E-state index contributed by atoms with van der Waals surface area (Å²) in [6.07, 6.45) is 3.58. The van der Waals surface area contributed by atoms with Gasteiger partial charge in [0.2, 0.25) is 0 Å². The highest BCUT2D eigenvalue weighted by Crippen LogP contribution is 2.33. The van der Waals surface area contributed by atoms with Crippen molar-refractivity contribution < 1.29 is 9.47 Å². The standard InChI is InChI=1S/C16H24N2O2/c17-11-14(12-18-6-1-2-7-18)13-4-5-15-16(10-13)20-9-3-8-19-15/h4-5,10,14H,1-3,6-9,11-12,17H2. The molecule has 2 N–H and O–H groups in total. The molecule has 1 unspecified atom stereocenters. The first kappa shape index (κ1) is 13.7. The minimum Gasteiger partial charge on any atom is -0.490 e. The Labute approximate surface area is 120 Å². The van der Waals surface area contributed by atoms with E-state index in [1.54, 1.807) is 0 Å². The molecule has 1 aromatic rings. The van der Waals surface area contributed by atoms with Gasteiger partial charge in [-0.1, -0.05) is 6.07 Å². The van der Waals surface area contributed by atoms with Gasteiger partial charge in [-0.2, -0.15) is 0 Å². The van der Waals surface area contributed by atoms with Crippen LogP contribution in [0.5, 0.6) is 11.5 Å². The van der Waals surface area contributed by atoms with Crippen LogP contribution in [0.3, 0.4) is 0 Å². The molecule has 2 aliphatic heterocycles. The van der Waals surface area contributed by atoms with Gasteiger partial charge in [0.25, 0.3) is 0 Å². The first-order valence-corrected chi connectivity index (χ1v) is 7.69. The highest BCUT2D eigenvalue weighted by Gasteiger charge is 2.20. The van der Waals surface area contributed by atoms with Gasteiger partial charge in [-0.3, -0.25) is 0 Å². The summed E-state index contributed by atoms with van der Waals surface area (Å²) in [7, 11) is 0. The van der Waals surface area contributed by atoms with Crippen molar-refractivity contribution >= 4 is 0 Å². The fourth-order valence-electron chi connectivity index (χ4n) is 3.03. The van der Waals surface area contributed by atoms with Crippen molar-refractivity contribution in [3.8, 4) is 11.5 Å². The van der Waals surface area contributed by atoms with Gasteiger partial charge < -0.3 is 20.1 Å². The lowest BCUT2D eigenvalue weighted by molar-refractivity contribution is 0.296. The Morgan fingerprint density at radius 3 is 2.55 bits per heavy atom. The Bertz CT molecular complexity index is 444. The van der Waals surface area contributed by atoms with Gasteiger partial charge in [0, 0.05) is 25.4 Å². The van der Waals surface area contributed by atoms with Crippen LogP contribution in [0.15, 0.2) is 18.2 Å². The van der Waals surface area contributed by atoms with Crippen molar-refractivity contribution in [3.63, 3.8) is 0 Å². The zero-order valence-corrected chi connectivity index (χ0v) is 12.0. The molecule has 1 aromatic carbocycles. The minimum absolute atomic E-state index is 0.380. The van der Waals surface area contributed by atoms with Gasteiger partial charge in [-0.15, -0.1) is 0 Å². The van der Waals surface area contributed by atoms with Crippen LogP contribution in [0.2, 0.25) is 0 Å². The molecule has 20 heavy (non-hydrogen) atoms. The van der Waals surface area contributed by atoms with Crippen LogP contribution in [0.1, 0.15) is 30.7 Å². The average Bonchev–Trinajstić information content (AvgIpc) is 2.87. The Morgan fingerprint density at radius 2 is 1.80 bits per heavy atom. The lowest BCUT2D eigenvalue weighted by Crippen LogP contribution is -2.29. The Morgan fingerprint density at radius 1 is 1.05 bits per heavy atom. The summed E-state index contributed by atoms with van der Waals surface area (Å²) in [5.41, 5.74) is 7.26. The lowest BCUT2D eigenvalue weighted by Gasteiger charge is -2.23. The van der Waals surface area contributed by atoms with E-state index in [0.717, 1.165) is 37.7 Å². The van der Waals surface area contributed by atoms with Crippen LogP contribution >= 0.6 is 0 Å². The zero-order chi connectivity index (χ0) is 13.8. The van der Waals surface area contributed by atoms with Crippen molar-refractivity contribution in [2.75, 3.05) is 39.4 Å². The van der Waals surface area contributed by atoms with Gasteiger partial charge in [0.05, 0.1) is 13.2 Å². The predicted molar refractivity (Wildman–Crippen MR) is 79.5 cm³/mol. The maximum atomic E-state index is 5.99. The van der Waals surface area contributed by atoms with Crippen LogP contribution in [0.25, 0.3) is 0 Å². The van der Waals surface area contributed by atoms with Gasteiger partial charge in [0.15, 0.2) is 11.5 Å². The molecular formula is C16H24N2O2. The second-order valence-corrected chi connectivity index (χ2v) is 5.70. The van der Waals surface area contributed by atoms with E-state index in [1.807, 2.05) is 6.07 Å². The summed E-state index contributed by atoms with van der Waals surface area (Å²) >= 11 is 0. The number of benzene rings is 1. The van der Waals surface area contributed by atoms with Crippen molar-refractivity contribution in [1.29, 1.82) is 0 Å². The van der Waals surface area contributed by atoms with E-state index < -0.39 is 0 Å². The molecule has 0 bridgehead atoms. The van der Waals surface area contributed by atoms with Crippen LogP contribution < -0.4 is 15.2 Å². The molecule has 1 fully saturated rings. The second kappa shape index (κ2) is 6.46. The predicted octanol–water partition coefficient (Wildman–Crippen LogP) is 1.99. The zero-order valence-electron chi connectivity index (χ0n) is 12.0. The number of fused-ring (bicyclic) bond motifs is 1. The molecular weight excluding hydrogens is 252 g/mol. The highest BCUT2D eigenvalue weighted by molar-refractivity contribution is 5.44. The maximum Gasteiger partial charge on any atom is 0.161 e. The Hall–Kier alpha value is -1.26. The molecule has 0 radical (unpaired) electrons. The number of rotatable bonds is 4. The quantitative estimate of drug-likeness (QED) is 0.913. The molecule has 0 aliphatic carbocycles. The third-order valence-electron chi connectivity index (χ3n) is 4.20. The number of nitrogens with two attached hydrogens (primary N) is 1. The number of nitrogens with zero attached hydrogens (tertiary/aromatic N) is 1. The molecule has 3 rings (SSSR count). The second-order valence-electron chi connectivity index (χ2n) is 5.70. The van der Waals surface area contributed by atoms with E-state index in [1.165, 1.54) is 31.5 Å². The fraction of sp³-hybridized carbons (Fsp3) is 0.625.